The van der Waals surface area contributed by atoms with Crippen molar-refractivity contribution in [1.82, 2.24) is 4.72 Å². The van der Waals surface area contributed by atoms with Crippen molar-refractivity contribution in [3.63, 3.8) is 0 Å². The van der Waals surface area contributed by atoms with E-state index in [-0.39, 0.29) is 10.9 Å². The molecule has 78 valence electrons. The monoisotopic (exact) mass is 231 g/mol. The molecule has 0 bridgehead atoms. The van der Waals surface area contributed by atoms with Crippen molar-refractivity contribution >= 4 is 22.7 Å². The molecule has 0 aliphatic rings. The van der Waals surface area contributed by atoms with Crippen LogP contribution in [0.4, 0.5) is 0 Å². The number of benzene rings is 1. The molecule has 0 spiro atoms. The summed E-state index contributed by atoms with van der Waals surface area (Å²) in [6, 6.07) is 8.13. The topological polar surface area (TPSA) is 46.2 Å². The molecule has 0 fully saturated rings. The van der Waals surface area contributed by atoms with Crippen LogP contribution >= 0.6 is 12.6 Å². The second-order valence-corrected chi connectivity index (χ2v) is 5.10. The van der Waals surface area contributed by atoms with Gasteiger partial charge in [-0.3, -0.25) is 0 Å². The van der Waals surface area contributed by atoms with Gasteiger partial charge < -0.3 is 0 Å². The molecule has 0 aromatic heterocycles. The number of hydrogen-bond acceptors (Lipinski definition) is 3. The van der Waals surface area contributed by atoms with Crippen molar-refractivity contribution < 1.29 is 8.42 Å². The second kappa shape index (κ2) is 4.82. The van der Waals surface area contributed by atoms with Crippen LogP contribution in [0.1, 0.15) is 6.92 Å². The van der Waals surface area contributed by atoms with Crippen LogP contribution in [0.25, 0.3) is 0 Å². The SMILES string of the molecule is C[C@H](CS)NS(=O)(=O)c1ccccc1. The lowest BCUT2D eigenvalue weighted by Crippen LogP contribution is -2.33. The van der Waals surface area contributed by atoms with E-state index in [1.165, 1.54) is 0 Å². The maximum atomic E-state index is 11.7. The highest BCUT2D eigenvalue weighted by Crippen LogP contribution is 2.07. The van der Waals surface area contributed by atoms with Gasteiger partial charge in [0.15, 0.2) is 0 Å². The minimum absolute atomic E-state index is 0.163. The molecule has 1 aromatic carbocycles. The smallest absolute Gasteiger partial charge is 0.208 e. The fourth-order valence-corrected chi connectivity index (χ4v) is 2.45. The molecule has 1 aromatic rings. The van der Waals surface area contributed by atoms with Crippen molar-refractivity contribution in [2.45, 2.75) is 17.9 Å². The average molecular weight is 231 g/mol. The van der Waals surface area contributed by atoms with Crippen molar-refractivity contribution in [3.05, 3.63) is 30.3 Å². The van der Waals surface area contributed by atoms with Gasteiger partial charge in [-0.25, -0.2) is 13.1 Å². The first-order valence-electron chi connectivity index (χ1n) is 4.24. The first-order chi connectivity index (χ1) is 6.56. The molecule has 14 heavy (non-hydrogen) atoms. The lowest BCUT2D eigenvalue weighted by Gasteiger charge is -2.11. The molecule has 0 saturated heterocycles. The van der Waals surface area contributed by atoms with Gasteiger partial charge in [-0.2, -0.15) is 12.6 Å². The Morgan fingerprint density at radius 1 is 1.36 bits per heavy atom. The Morgan fingerprint density at radius 2 is 1.93 bits per heavy atom. The third-order valence-electron chi connectivity index (χ3n) is 1.68. The van der Waals surface area contributed by atoms with Crippen LogP contribution in [-0.4, -0.2) is 20.2 Å². The molecule has 0 radical (unpaired) electrons. The Balaban J connectivity index is 2.87. The Hall–Kier alpha value is -0.520. The summed E-state index contributed by atoms with van der Waals surface area (Å²) >= 11 is 4.01. The highest BCUT2D eigenvalue weighted by molar-refractivity contribution is 7.89. The van der Waals surface area contributed by atoms with Gasteiger partial charge in [0, 0.05) is 11.8 Å². The van der Waals surface area contributed by atoms with Crippen LogP contribution in [0, 0.1) is 0 Å². The van der Waals surface area contributed by atoms with E-state index in [1.807, 2.05) is 0 Å². The van der Waals surface area contributed by atoms with Crippen molar-refractivity contribution in [2.75, 3.05) is 5.75 Å². The van der Waals surface area contributed by atoms with Gasteiger partial charge in [0.2, 0.25) is 10.0 Å². The molecule has 0 aliphatic heterocycles. The van der Waals surface area contributed by atoms with Gasteiger partial charge in [0.25, 0.3) is 0 Å². The normalized spacial score (nSPS) is 13.9. The zero-order chi connectivity index (χ0) is 10.6. The molecular weight excluding hydrogens is 218 g/mol. The number of thiol groups is 1. The van der Waals surface area contributed by atoms with E-state index in [0.717, 1.165) is 0 Å². The highest BCUT2D eigenvalue weighted by Gasteiger charge is 2.15. The molecule has 0 amide bonds. The van der Waals surface area contributed by atoms with Crippen LogP contribution in [0.5, 0.6) is 0 Å². The summed E-state index contributed by atoms with van der Waals surface area (Å²) in [5.74, 6) is 0.478. The Morgan fingerprint density at radius 3 is 2.43 bits per heavy atom. The average Bonchev–Trinajstić information content (AvgIpc) is 2.18. The Labute approximate surface area is 90.0 Å². The summed E-state index contributed by atoms with van der Waals surface area (Å²) in [7, 11) is -3.37. The highest BCUT2D eigenvalue weighted by atomic mass is 32.2. The number of hydrogen-bond donors (Lipinski definition) is 2. The summed E-state index contributed by atoms with van der Waals surface area (Å²) in [5.41, 5.74) is 0. The van der Waals surface area contributed by atoms with E-state index in [2.05, 4.69) is 17.4 Å². The van der Waals surface area contributed by atoms with Crippen LogP contribution in [-0.2, 0) is 10.0 Å². The summed E-state index contributed by atoms with van der Waals surface area (Å²) in [4.78, 5) is 0.286. The van der Waals surface area contributed by atoms with Gasteiger partial charge >= 0.3 is 0 Å². The minimum Gasteiger partial charge on any atom is -0.208 e. The zero-order valence-corrected chi connectivity index (χ0v) is 9.55. The fourth-order valence-electron chi connectivity index (χ4n) is 0.970. The van der Waals surface area contributed by atoms with Gasteiger partial charge in [-0.15, -0.1) is 0 Å². The Kier molecular flexibility index (Phi) is 3.97. The Bertz CT molecular complexity index is 375. The lowest BCUT2D eigenvalue weighted by molar-refractivity contribution is 0.571. The summed E-state index contributed by atoms with van der Waals surface area (Å²) < 4.78 is 25.8. The standard InChI is InChI=1S/C9H13NO2S2/c1-8(7-13)10-14(11,12)9-5-3-2-4-6-9/h2-6,8,10,13H,7H2,1H3/t8-/m1/s1. The number of sulfonamides is 1. The summed E-state index contributed by atoms with van der Waals surface area (Å²) in [6.07, 6.45) is 0. The first kappa shape index (κ1) is 11.6. The van der Waals surface area contributed by atoms with E-state index in [4.69, 9.17) is 0 Å². The van der Waals surface area contributed by atoms with Crippen LogP contribution < -0.4 is 4.72 Å². The third-order valence-corrected chi connectivity index (χ3v) is 3.84. The fraction of sp³-hybridized carbons (Fsp3) is 0.333. The molecule has 3 nitrogen and oxygen atoms in total. The largest absolute Gasteiger partial charge is 0.240 e. The van der Waals surface area contributed by atoms with Gasteiger partial charge in [-0.1, -0.05) is 18.2 Å². The predicted molar refractivity (Wildman–Crippen MR) is 60.1 cm³/mol. The summed E-state index contributed by atoms with van der Waals surface area (Å²) in [5, 5.41) is 0. The molecule has 1 atom stereocenters. The molecule has 0 saturated carbocycles. The third kappa shape index (κ3) is 3.01. The van der Waals surface area contributed by atoms with Gasteiger partial charge in [-0.05, 0) is 19.1 Å². The van der Waals surface area contributed by atoms with Crippen molar-refractivity contribution in [2.24, 2.45) is 0 Å². The molecule has 0 unspecified atom stereocenters. The molecule has 0 heterocycles. The lowest BCUT2D eigenvalue weighted by atomic mass is 10.4. The number of rotatable bonds is 4. The van der Waals surface area contributed by atoms with E-state index >= 15 is 0 Å². The summed E-state index contributed by atoms with van der Waals surface area (Å²) in [6.45, 7) is 1.77. The van der Waals surface area contributed by atoms with E-state index in [9.17, 15) is 8.42 Å². The van der Waals surface area contributed by atoms with Gasteiger partial charge in [0.1, 0.15) is 0 Å². The van der Waals surface area contributed by atoms with Crippen molar-refractivity contribution in [1.29, 1.82) is 0 Å². The van der Waals surface area contributed by atoms with E-state index in [0.29, 0.717) is 5.75 Å². The van der Waals surface area contributed by atoms with Gasteiger partial charge in [0.05, 0.1) is 4.90 Å². The molecule has 1 N–H and O–H groups in total. The maximum Gasteiger partial charge on any atom is 0.240 e. The maximum absolute atomic E-state index is 11.7. The van der Waals surface area contributed by atoms with Crippen LogP contribution in [0.2, 0.25) is 0 Å². The van der Waals surface area contributed by atoms with Crippen LogP contribution in [0.15, 0.2) is 35.2 Å². The molecule has 0 aliphatic carbocycles. The minimum atomic E-state index is -3.37. The predicted octanol–water partition coefficient (Wildman–Crippen LogP) is 1.28. The first-order valence-corrected chi connectivity index (χ1v) is 6.36. The molecule has 5 heteroatoms. The van der Waals surface area contributed by atoms with E-state index in [1.54, 1.807) is 37.3 Å². The van der Waals surface area contributed by atoms with Crippen molar-refractivity contribution in [3.8, 4) is 0 Å². The quantitative estimate of drug-likeness (QED) is 0.767. The van der Waals surface area contributed by atoms with E-state index < -0.39 is 10.0 Å². The van der Waals surface area contributed by atoms with Crippen LogP contribution in [0.3, 0.4) is 0 Å². The number of nitrogens with one attached hydrogen (secondary N) is 1. The molecular formula is C9H13NO2S2. The molecule has 1 rings (SSSR count). The zero-order valence-electron chi connectivity index (χ0n) is 7.84. The second-order valence-electron chi connectivity index (χ2n) is 3.02.